The van der Waals surface area contributed by atoms with E-state index in [2.05, 4.69) is 18.9 Å². The van der Waals surface area contributed by atoms with Gasteiger partial charge in [-0.25, -0.2) is 0 Å². The van der Waals surface area contributed by atoms with E-state index in [1.54, 1.807) is 6.92 Å². The molecule has 1 aliphatic heterocycles. The fraction of sp³-hybridized carbons (Fsp3) is 0.889. The van der Waals surface area contributed by atoms with Gasteiger partial charge in [0.2, 0.25) is 0 Å². The Bertz CT molecular complexity index is 156. The van der Waals surface area contributed by atoms with Crippen LogP contribution in [0.3, 0.4) is 0 Å². The number of carbonyl (C=O) groups excluding carboxylic acids is 1. The number of hydrogen-bond donors (Lipinski definition) is 0. The molecule has 64 valence electrons. The van der Waals surface area contributed by atoms with Crippen molar-refractivity contribution < 1.29 is 4.79 Å². The fourth-order valence-electron chi connectivity index (χ4n) is 1.81. The number of ketones is 1. The molecule has 0 aromatic rings. The lowest BCUT2D eigenvalue weighted by Crippen LogP contribution is -2.45. The van der Waals surface area contributed by atoms with Gasteiger partial charge in [-0.15, -0.1) is 0 Å². The van der Waals surface area contributed by atoms with Crippen molar-refractivity contribution >= 4 is 5.78 Å². The molecule has 11 heavy (non-hydrogen) atoms. The van der Waals surface area contributed by atoms with Crippen LogP contribution in [-0.4, -0.2) is 29.8 Å². The average Bonchev–Trinajstić information content (AvgIpc) is 1.94. The van der Waals surface area contributed by atoms with Gasteiger partial charge < -0.3 is 0 Å². The zero-order valence-electron chi connectivity index (χ0n) is 7.63. The first kappa shape index (κ1) is 8.72. The molecule has 0 aromatic heterocycles. The third-order valence-electron chi connectivity index (χ3n) is 2.76. The smallest absolute Gasteiger partial charge is 0.146 e. The highest BCUT2D eigenvalue weighted by Gasteiger charge is 2.27. The van der Waals surface area contributed by atoms with Crippen molar-refractivity contribution in [2.75, 3.05) is 7.05 Å². The first-order chi connectivity index (χ1) is 5.13. The Labute approximate surface area is 68.6 Å². The molecule has 1 saturated heterocycles. The third-order valence-corrected chi connectivity index (χ3v) is 2.76. The normalized spacial score (nSPS) is 33.7. The maximum atomic E-state index is 11.1. The summed E-state index contributed by atoms with van der Waals surface area (Å²) in [4.78, 5) is 13.3. The van der Waals surface area contributed by atoms with E-state index in [9.17, 15) is 4.79 Å². The highest BCUT2D eigenvalue weighted by molar-refractivity contribution is 5.81. The molecule has 1 aliphatic rings. The van der Waals surface area contributed by atoms with Gasteiger partial charge in [0, 0.05) is 6.04 Å². The number of nitrogens with zero attached hydrogens (tertiary/aromatic N) is 1. The molecule has 1 fully saturated rings. The molecule has 1 rings (SSSR count). The summed E-state index contributed by atoms with van der Waals surface area (Å²) < 4.78 is 0. The molecule has 0 bridgehead atoms. The minimum Gasteiger partial charge on any atom is -0.298 e. The Balaban J connectivity index is 2.58. The van der Waals surface area contributed by atoms with E-state index in [1.807, 2.05) is 0 Å². The predicted octanol–water partition coefficient (Wildman–Crippen LogP) is 1.45. The summed E-state index contributed by atoms with van der Waals surface area (Å²) in [5.41, 5.74) is 0. The molecule has 2 nitrogen and oxygen atoms in total. The molecule has 0 saturated carbocycles. The number of hydrogen-bond acceptors (Lipinski definition) is 2. The quantitative estimate of drug-likeness (QED) is 0.571. The highest BCUT2D eigenvalue weighted by Crippen LogP contribution is 2.20. The average molecular weight is 155 g/mol. The summed E-state index contributed by atoms with van der Waals surface area (Å²) in [6.07, 6.45) is 3.49. The van der Waals surface area contributed by atoms with Crippen LogP contribution < -0.4 is 0 Å². The molecule has 2 heteroatoms. The van der Waals surface area contributed by atoms with Crippen molar-refractivity contribution in [2.24, 2.45) is 0 Å². The van der Waals surface area contributed by atoms with E-state index in [4.69, 9.17) is 0 Å². The van der Waals surface area contributed by atoms with Crippen LogP contribution in [0.5, 0.6) is 0 Å². The molecule has 0 amide bonds. The summed E-state index contributed by atoms with van der Waals surface area (Å²) in [7, 11) is 2.05. The second-order valence-corrected chi connectivity index (χ2v) is 3.57. The molecule has 1 heterocycles. The minimum atomic E-state index is 0.193. The van der Waals surface area contributed by atoms with Crippen molar-refractivity contribution in [3.8, 4) is 0 Å². The van der Waals surface area contributed by atoms with Crippen molar-refractivity contribution in [1.29, 1.82) is 0 Å². The van der Waals surface area contributed by atoms with E-state index < -0.39 is 0 Å². The maximum absolute atomic E-state index is 11.1. The summed E-state index contributed by atoms with van der Waals surface area (Å²) in [5, 5.41) is 0. The van der Waals surface area contributed by atoms with E-state index in [0.717, 1.165) is 6.42 Å². The SMILES string of the molecule is CC(=O)[C@@H]1CCCC(C)N1C. The zero-order chi connectivity index (χ0) is 8.43. The molecular formula is C9H17NO. The largest absolute Gasteiger partial charge is 0.298 e. The summed E-state index contributed by atoms with van der Waals surface area (Å²) in [6.45, 7) is 3.88. The lowest BCUT2D eigenvalue weighted by molar-refractivity contribution is -0.123. The number of rotatable bonds is 1. The van der Waals surface area contributed by atoms with Gasteiger partial charge in [0.1, 0.15) is 5.78 Å². The van der Waals surface area contributed by atoms with Gasteiger partial charge in [-0.1, -0.05) is 0 Å². The van der Waals surface area contributed by atoms with Gasteiger partial charge in [0.25, 0.3) is 0 Å². The Morgan fingerprint density at radius 2 is 2.09 bits per heavy atom. The number of carbonyl (C=O) groups is 1. The van der Waals surface area contributed by atoms with Crippen LogP contribution in [0.4, 0.5) is 0 Å². The van der Waals surface area contributed by atoms with Crippen LogP contribution in [0.1, 0.15) is 33.1 Å². The van der Waals surface area contributed by atoms with Crippen LogP contribution >= 0.6 is 0 Å². The molecule has 0 aromatic carbocycles. The van der Waals surface area contributed by atoms with Crippen LogP contribution in [0.2, 0.25) is 0 Å². The van der Waals surface area contributed by atoms with Crippen LogP contribution in [0, 0.1) is 0 Å². The standard InChI is InChI=1S/C9H17NO/c1-7-5-4-6-9(8(2)11)10(7)3/h7,9H,4-6H2,1-3H3/t7?,9-/m0/s1. The van der Waals surface area contributed by atoms with E-state index in [-0.39, 0.29) is 6.04 Å². The molecule has 2 atom stereocenters. The van der Waals surface area contributed by atoms with Gasteiger partial charge in [0.15, 0.2) is 0 Å². The van der Waals surface area contributed by atoms with Crippen molar-refractivity contribution in [1.82, 2.24) is 4.90 Å². The number of piperidine rings is 1. The van der Waals surface area contributed by atoms with Gasteiger partial charge >= 0.3 is 0 Å². The monoisotopic (exact) mass is 155 g/mol. The summed E-state index contributed by atoms with van der Waals surface area (Å²) in [6, 6.07) is 0.774. The lowest BCUT2D eigenvalue weighted by atomic mass is 9.95. The van der Waals surface area contributed by atoms with Crippen molar-refractivity contribution in [3.05, 3.63) is 0 Å². The Morgan fingerprint density at radius 3 is 2.55 bits per heavy atom. The first-order valence-electron chi connectivity index (χ1n) is 4.35. The number of Topliss-reactive ketones (excluding diaryl/α,β-unsaturated/α-hetero) is 1. The zero-order valence-corrected chi connectivity index (χ0v) is 7.63. The molecular weight excluding hydrogens is 138 g/mol. The van der Waals surface area contributed by atoms with E-state index in [1.165, 1.54) is 12.8 Å². The molecule has 0 spiro atoms. The van der Waals surface area contributed by atoms with Gasteiger partial charge in [0.05, 0.1) is 6.04 Å². The van der Waals surface area contributed by atoms with Crippen LogP contribution in [0.15, 0.2) is 0 Å². The summed E-state index contributed by atoms with van der Waals surface area (Å²) in [5.74, 6) is 0.319. The second-order valence-electron chi connectivity index (χ2n) is 3.57. The molecule has 0 radical (unpaired) electrons. The Morgan fingerprint density at radius 1 is 1.45 bits per heavy atom. The topological polar surface area (TPSA) is 20.3 Å². The van der Waals surface area contributed by atoms with Gasteiger partial charge in [-0.3, -0.25) is 9.69 Å². The number of likely N-dealkylation sites (tertiary alicyclic amines) is 1. The predicted molar refractivity (Wildman–Crippen MR) is 45.5 cm³/mol. The minimum absolute atomic E-state index is 0.193. The van der Waals surface area contributed by atoms with Crippen molar-refractivity contribution in [3.63, 3.8) is 0 Å². The molecule has 0 N–H and O–H groups in total. The van der Waals surface area contributed by atoms with Crippen LogP contribution in [0.25, 0.3) is 0 Å². The van der Waals surface area contributed by atoms with E-state index >= 15 is 0 Å². The second kappa shape index (κ2) is 3.35. The maximum Gasteiger partial charge on any atom is 0.146 e. The van der Waals surface area contributed by atoms with Crippen LogP contribution in [-0.2, 0) is 4.79 Å². The molecule has 0 aliphatic carbocycles. The first-order valence-corrected chi connectivity index (χ1v) is 4.35. The lowest BCUT2D eigenvalue weighted by Gasteiger charge is -2.36. The van der Waals surface area contributed by atoms with Gasteiger partial charge in [-0.2, -0.15) is 0 Å². The number of likely N-dealkylation sites (N-methyl/N-ethyl adjacent to an activating group) is 1. The third kappa shape index (κ3) is 1.80. The Hall–Kier alpha value is -0.370. The van der Waals surface area contributed by atoms with Crippen molar-refractivity contribution in [2.45, 2.75) is 45.2 Å². The fourth-order valence-corrected chi connectivity index (χ4v) is 1.81. The summed E-state index contributed by atoms with van der Waals surface area (Å²) >= 11 is 0. The highest BCUT2D eigenvalue weighted by atomic mass is 16.1. The Kier molecular flexibility index (Phi) is 2.66. The van der Waals surface area contributed by atoms with E-state index in [0.29, 0.717) is 11.8 Å². The van der Waals surface area contributed by atoms with Gasteiger partial charge in [-0.05, 0) is 40.2 Å². The molecule has 1 unspecified atom stereocenters.